The highest BCUT2D eigenvalue weighted by atomic mass is 19.4. The van der Waals surface area contributed by atoms with Gasteiger partial charge in [0.25, 0.3) is 0 Å². The summed E-state index contributed by atoms with van der Waals surface area (Å²) in [6.07, 6.45) is -4.37. The maximum absolute atomic E-state index is 12.6. The molecule has 0 atom stereocenters. The Morgan fingerprint density at radius 3 is 1.94 bits per heavy atom. The van der Waals surface area contributed by atoms with E-state index in [1.54, 1.807) is 6.07 Å². The van der Waals surface area contributed by atoms with Gasteiger partial charge in [-0.2, -0.15) is 13.2 Å². The summed E-state index contributed by atoms with van der Waals surface area (Å²) in [5, 5.41) is 0. The van der Waals surface area contributed by atoms with Crippen LogP contribution in [0.1, 0.15) is 56.5 Å². The number of hydrogen-bond donors (Lipinski definition) is 0. The number of aromatic nitrogens is 1. The van der Waals surface area contributed by atoms with Crippen LogP contribution in [0, 0.1) is 0 Å². The number of halogens is 3. The topological polar surface area (TPSA) is 12.9 Å². The van der Waals surface area contributed by atoms with Crippen LogP contribution >= 0.6 is 0 Å². The third kappa shape index (κ3) is 2.97. The molecule has 16 heavy (non-hydrogen) atoms. The van der Waals surface area contributed by atoms with Crippen LogP contribution in [-0.2, 0) is 6.18 Å². The second kappa shape index (κ2) is 4.44. The molecule has 0 N–H and O–H groups in total. The molecule has 1 rings (SSSR count). The summed E-state index contributed by atoms with van der Waals surface area (Å²) in [6.45, 7) is 7.43. The maximum atomic E-state index is 12.6. The highest BCUT2D eigenvalue weighted by molar-refractivity contribution is 5.27. The lowest BCUT2D eigenvalue weighted by molar-refractivity contribution is -0.141. The van der Waals surface area contributed by atoms with Gasteiger partial charge in [-0.05, 0) is 29.5 Å². The minimum Gasteiger partial charge on any atom is -0.248 e. The summed E-state index contributed by atoms with van der Waals surface area (Å²) in [5.74, 6) is 0.0707. The van der Waals surface area contributed by atoms with Crippen molar-refractivity contribution in [2.75, 3.05) is 0 Å². The quantitative estimate of drug-likeness (QED) is 0.737. The predicted octanol–water partition coefficient (Wildman–Crippen LogP) is 4.35. The smallest absolute Gasteiger partial charge is 0.248 e. The lowest BCUT2D eigenvalue weighted by atomic mass is 9.99. The van der Waals surface area contributed by atoms with E-state index < -0.39 is 11.9 Å². The van der Waals surface area contributed by atoms with Crippen molar-refractivity contribution in [3.05, 3.63) is 29.1 Å². The Hall–Kier alpha value is -1.06. The van der Waals surface area contributed by atoms with Crippen LogP contribution in [0.25, 0.3) is 0 Å². The van der Waals surface area contributed by atoms with Gasteiger partial charge in [-0.1, -0.05) is 27.7 Å². The molecule has 1 aromatic heterocycles. The first kappa shape index (κ1) is 13.0. The molecule has 0 aliphatic carbocycles. The van der Waals surface area contributed by atoms with Crippen molar-refractivity contribution in [2.45, 2.75) is 45.7 Å². The Morgan fingerprint density at radius 1 is 1.00 bits per heavy atom. The lowest BCUT2D eigenvalue weighted by Crippen LogP contribution is -2.11. The molecule has 1 heterocycles. The molecule has 0 amide bonds. The summed E-state index contributed by atoms with van der Waals surface area (Å²) in [4.78, 5) is 3.66. The normalized spacial score (nSPS) is 12.6. The molecule has 90 valence electrons. The summed E-state index contributed by atoms with van der Waals surface area (Å²) >= 11 is 0. The van der Waals surface area contributed by atoms with E-state index in [0.717, 1.165) is 6.07 Å². The molecule has 0 fully saturated rings. The van der Waals surface area contributed by atoms with Gasteiger partial charge in [-0.3, -0.25) is 0 Å². The fourth-order valence-electron chi connectivity index (χ4n) is 1.35. The van der Waals surface area contributed by atoms with E-state index >= 15 is 0 Å². The summed E-state index contributed by atoms with van der Waals surface area (Å²) in [7, 11) is 0. The van der Waals surface area contributed by atoms with Crippen molar-refractivity contribution >= 4 is 0 Å². The zero-order valence-corrected chi connectivity index (χ0v) is 9.89. The molecular weight excluding hydrogens is 215 g/mol. The van der Waals surface area contributed by atoms with Gasteiger partial charge in [0.1, 0.15) is 5.69 Å². The molecule has 0 aromatic carbocycles. The summed E-state index contributed by atoms with van der Waals surface area (Å²) < 4.78 is 37.8. The third-order valence-corrected chi connectivity index (χ3v) is 2.42. The van der Waals surface area contributed by atoms with Gasteiger partial charge in [0.15, 0.2) is 0 Å². The number of hydrogen-bond acceptors (Lipinski definition) is 1. The van der Waals surface area contributed by atoms with E-state index in [2.05, 4.69) is 4.98 Å². The van der Waals surface area contributed by atoms with E-state index in [9.17, 15) is 13.2 Å². The average Bonchev–Trinajstić information content (AvgIpc) is 2.15. The second-order valence-corrected chi connectivity index (χ2v) is 4.52. The third-order valence-electron chi connectivity index (χ3n) is 2.42. The van der Waals surface area contributed by atoms with Gasteiger partial charge in [0.05, 0.1) is 0 Å². The van der Waals surface area contributed by atoms with Gasteiger partial charge in [0.2, 0.25) is 0 Å². The molecule has 0 bridgehead atoms. The highest BCUT2D eigenvalue weighted by Crippen LogP contribution is 2.31. The first-order valence-corrected chi connectivity index (χ1v) is 5.31. The molecule has 4 heteroatoms. The van der Waals surface area contributed by atoms with Gasteiger partial charge in [0, 0.05) is 5.69 Å². The van der Waals surface area contributed by atoms with Crippen LogP contribution in [0.2, 0.25) is 0 Å². The van der Waals surface area contributed by atoms with E-state index in [1.807, 2.05) is 27.7 Å². The van der Waals surface area contributed by atoms with E-state index in [0.29, 0.717) is 11.3 Å². The van der Waals surface area contributed by atoms with Gasteiger partial charge in [-0.15, -0.1) is 0 Å². The first-order valence-electron chi connectivity index (χ1n) is 5.31. The maximum Gasteiger partial charge on any atom is 0.433 e. The largest absolute Gasteiger partial charge is 0.433 e. The Balaban J connectivity index is 3.30. The second-order valence-electron chi connectivity index (χ2n) is 4.52. The van der Waals surface area contributed by atoms with Gasteiger partial charge >= 0.3 is 6.18 Å². The number of alkyl halides is 3. The van der Waals surface area contributed by atoms with Crippen molar-refractivity contribution in [2.24, 2.45) is 0 Å². The van der Waals surface area contributed by atoms with Crippen LogP contribution in [0.5, 0.6) is 0 Å². The first-order chi connectivity index (χ1) is 7.21. The Morgan fingerprint density at radius 2 is 1.56 bits per heavy atom. The van der Waals surface area contributed by atoms with Crippen LogP contribution in [0.4, 0.5) is 13.2 Å². The Kier molecular flexibility index (Phi) is 3.61. The van der Waals surface area contributed by atoms with Crippen LogP contribution < -0.4 is 0 Å². The zero-order valence-electron chi connectivity index (χ0n) is 9.89. The molecule has 0 aliphatic heterocycles. The summed E-state index contributed by atoms with van der Waals surface area (Å²) in [6, 6.07) is 2.89. The minimum absolute atomic E-state index is 0.000185. The monoisotopic (exact) mass is 231 g/mol. The van der Waals surface area contributed by atoms with E-state index in [1.165, 1.54) is 0 Å². The molecule has 0 aliphatic rings. The molecule has 0 radical (unpaired) electrons. The van der Waals surface area contributed by atoms with Gasteiger partial charge < -0.3 is 0 Å². The molecule has 0 spiro atoms. The van der Waals surface area contributed by atoms with Crippen molar-refractivity contribution < 1.29 is 13.2 Å². The Bertz CT molecular complexity index is 341. The van der Waals surface area contributed by atoms with Crippen molar-refractivity contribution in [3.63, 3.8) is 0 Å². The highest BCUT2D eigenvalue weighted by Gasteiger charge is 2.33. The molecule has 0 saturated carbocycles. The van der Waals surface area contributed by atoms with Crippen molar-refractivity contribution in [3.8, 4) is 0 Å². The van der Waals surface area contributed by atoms with Crippen LogP contribution in [0.3, 0.4) is 0 Å². The van der Waals surface area contributed by atoms with Crippen molar-refractivity contribution in [1.82, 2.24) is 4.98 Å². The fourth-order valence-corrected chi connectivity index (χ4v) is 1.35. The summed E-state index contributed by atoms with van der Waals surface area (Å²) in [5.41, 5.74) is 0.395. The molecule has 0 unspecified atom stereocenters. The number of rotatable bonds is 2. The Labute approximate surface area is 93.7 Å². The molecule has 0 saturated heterocycles. The van der Waals surface area contributed by atoms with E-state index in [4.69, 9.17) is 0 Å². The molecule has 1 nitrogen and oxygen atoms in total. The van der Waals surface area contributed by atoms with Gasteiger partial charge in [-0.25, -0.2) is 4.98 Å². The van der Waals surface area contributed by atoms with E-state index in [-0.39, 0.29) is 11.8 Å². The minimum atomic E-state index is -4.37. The standard InChI is InChI=1S/C12H16F3N/c1-7(2)9-5-10(8(3)4)16-11(6-9)12(13,14)15/h5-8H,1-4H3. The average molecular weight is 231 g/mol. The fraction of sp³-hybridized carbons (Fsp3) is 0.583. The SMILES string of the molecule is CC(C)c1cc(C(C)C)nc(C(F)(F)F)c1. The number of pyridine rings is 1. The zero-order chi connectivity index (χ0) is 12.5. The number of nitrogens with zero attached hydrogens (tertiary/aromatic N) is 1. The molecule has 1 aromatic rings. The van der Waals surface area contributed by atoms with Crippen LogP contribution in [0.15, 0.2) is 12.1 Å². The molecular formula is C12H16F3N. The lowest BCUT2D eigenvalue weighted by Gasteiger charge is -2.14. The predicted molar refractivity (Wildman–Crippen MR) is 57.4 cm³/mol. The van der Waals surface area contributed by atoms with Crippen molar-refractivity contribution in [1.29, 1.82) is 0 Å². The van der Waals surface area contributed by atoms with Crippen LogP contribution in [-0.4, -0.2) is 4.98 Å².